The fraction of sp³-hybridized carbons (Fsp3) is 0.278. The van der Waals surface area contributed by atoms with Gasteiger partial charge in [0.2, 0.25) is 5.91 Å². The molecular weight excluding hydrogens is 377 g/mol. The molecule has 130 valence electrons. The van der Waals surface area contributed by atoms with E-state index < -0.39 is 0 Å². The molecule has 1 amide bonds. The van der Waals surface area contributed by atoms with E-state index in [2.05, 4.69) is 23.3 Å². The van der Waals surface area contributed by atoms with Crippen molar-refractivity contribution in [3.8, 4) is 6.07 Å². The SMILES string of the molecule is CCCc1ccc(C#N)c(SCCC(=O)Nc2ccc(Cl)cc2Cl)n1. The van der Waals surface area contributed by atoms with E-state index in [9.17, 15) is 10.1 Å². The number of aromatic nitrogens is 1. The van der Waals surface area contributed by atoms with Gasteiger partial charge in [0.15, 0.2) is 0 Å². The van der Waals surface area contributed by atoms with E-state index in [1.807, 2.05) is 6.07 Å². The van der Waals surface area contributed by atoms with Gasteiger partial charge in [-0.3, -0.25) is 4.79 Å². The van der Waals surface area contributed by atoms with Crippen molar-refractivity contribution >= 4 is 46.6 Å². The number of hydrogen-bond acceptors (Lipinski definition) is 4. The lowest BCUT2D eigenvalue weighted by Gasteiger charge is -2.08. The number of anilines is 1. The maximum atomic E-state index is 12.1. The van der Waals surface area contributed by atoms with Crippen molar-refractivity contribution in [3.05, 3.63) is 51.6 Å². The molecule has 0 spiro atoms. The minimum absolute atomic E-state index is 0.153. The van der Waals surface area contributed by atoms with Crippen molar-refractivity contribution in [2.24, 2.45) is 0 Å². The average molecular weight is 394 g/mol. The second kappa shape index (κ2) is 9.67. The highest BCUT2D eigenvalue weighted by molar-refractivity contribution is 7.99. The van der Waals surface area contributed by atoms with Crippen molar-refractivity contribution in [3.63, 3.8) is 0 Å². The topological polar surface area (TPSA) is 65.8 Å². The van der Waals surface area contributed by atoms with Gasteiger partial charge in [-0.05, 0) is 36.8 Å². The number of nitrogens with one attached hydrogen (secondary N) is 1. The molecule has 2 rings (SSSR count). The van der Waals surface area contributed by atoms with Crippen molar-refractivity contribution in [2.75, 3.05) is 11.1 Å². The molecule has 0 atom stereocenters. The molecule has 0 aliphatic rings. The number of rotatable bonds is 7. The molecule has 0 bridgehead atoms. The first-order valence-corrected chi connectivity index (χ1v) is 9.55. The maximum Gasteiger partial charge on any atom is 0.225 e. The van der Waals surface area contributed by atoms with Crippen LogP contribution in [0.15, 0.2) is 35.4 Å². The fourth-order valence-corrected chi connectivity index (χ4v) is 3.50. The first kappa shape index (κ1) is 19.6. The first-order valence-electron chi connectivity index (χ1n) is 7.81. The summed E-state index contributed by atoms with van der Waals surface area (Å²) in [6.45, 7) is 2.08. The van der Waals surface area contributed by atoms with Gasteiger partial charge < -0.3 is 5.32 Å². The zero-order valence-electron chi connectivity index (χ0n) is 13.7. The lowest BCUT2D eigenvalue weighted by molar-refractivity contribution is -0.115. The number of aryl methyl sites for hydroxylation is 1. The smallest absolute Gasteiger partial charge is 0.225 e. The molecule has 1 aromatic carbocycles. The number of carbonyl (C=O) groups excluding carboxylic acids is 1. The number of halogens is 2. The van der Waals surface area contributed by atoms with Gasteiger partial charge in [0, 0.05) is 22.9 Å². The Kier molecular flexibility index (Phi) is 7.57. The van der Waals surface area contributed by atoms with Crippen LogP contribution in [0.1, 0.15) is 31.0 Å². The predicted molar refractivity (Wildman–Crippen MR) is 103 cm³/mol. The Morgan fingerprint density at radius 2 is 2.12 bits per heavy atom. The zero-order chi connectivity index (χ0) is 18.2. The van der Waals surface area contributed by atoms with Gasteiger partial charge in [-0.1, -0.05) is 36.5 Å². The number of hydrogen-bond donors (Lipinski definition) is 1. The Balaban J connectivity index is 1.92. The number of nitriles is 1. The third kappa shape index (κ3) is 5.93. The molecule has 1 N–H and O–H groups in total. The van der Waals surface area contributed by atoms with Crippen LogP contribution in [-0.4, -0.2) is 16.6 Å². The molecule has 25 heavy (non-hydrogen) atoms. The van der Waals surface area contributed by atoms with E-state index >= 15 is 0 Å². The standard InChI is InChI=1S/C18H17Cl2N3OS/c1-2-3-14-6-4-12(11-21)18(22-14)25-9-8-17(24)23-16-7-5-13(19)10-15(16)20/h4-7,10H,2-3,8-9H2,1H3,(H,23,24). The predicted octanol–water partition coefficient (Wildman–Crippen LogP) is 5.33. The van der Waals surface area contributed by atoms with Gasteiger partial charge in [-0.25, -0.2) is 4.98 Å². The van der Waals surface area contributed by atoms with E-state index in [1.165, 1.54) is 11.8 Å². The summed E-state index contributed by atoms with van der Waals surface area (Å²) in [6.07, 6.45) is 2.15. The van der Waals surface area contributed by atoms with Crippen LogP contribution in [0.3, 0.4) is 0 Å². The van der Waals surface area contributed by atoms with Crippen molar-refractivity contribution < 1.29 is 4.79 Å². The Hall–Kier alpha value is -1.74. The fourth-order valence-electron chi connectivity index (χ4n) is 2.11. The average Bonchev–Trinajstić information content (AvgIpc) is 2.58. The summed E-state index contributed by atoms with van der Waals surface area (Å²) >= 11 is 13.3. The molecule has 1 aromatic heterocycles. The summed E-state index contributed by atoms with van der Waals surface area (Å²) in [4.78, 5) is 16.6. The highest BCUT2D eigenvalue weighted by atomic mass is 35.5. The van der Waals surface area contributed by atoms with Gasteiger partial charge >= 0.3 is 0 Å². The molecule has 0 saturated heterocycles. The second-order valence-corrected chi connectivity index (χ2v) is 7.22. The molecule has 1 heterocycles. The van der Waals surface area contributed by atoms with Crippen LogP contribution in [0.2, 0.25) is 10.0 Å². The van der Waals surface area contributed by atoms with E-state index in [-0.39, 0.29) is 12.3 Å². The largest absolute Gasteiger partial charge is 0.325 e. The summed E-state index contributed by atoms with van der Waals surface area (Å²) in [6, 6.07) is 10.7. The number of carbonyl (C=O) groups is 1. The van der Waals surface area contributed by atoms with Crippen LogP contribution in [0.5, 0.6) is 0 Å². The quantitative estimate of drug-likeness (QED) is 0.645. The number of nitrogens with zero attached hydrogens (tertiary/aromatic N) is 2. The van der Waals surface area contributed by atoms with Gasteiger partial charge in [0.25, 0.3) is 0 Å². The third-order valence-corrected chi connectivity index (χ3v) is 4.86. The lowest BCUT2D eigenvalue weighted by atomic mass is 10.2. The van der Waals surface area contributed by atoms with Crippen LogP contribution in [0.4, 0.5) is 5.69 Å². The minimum atomic E-state index is -0.153. The van der Waals surface area contributed by atoms with E-state index in [4.69, 9.17) is 23.2 Å². The lowest BCUT2D eigenvalue weighted by Crippen LogP contribution is -2.12. The Morgan fingerprint density at radius 1 is 1.32 bits per heavy atom. The molecule has 0 aliphatic carbocycles. The molecule has 0 fully saturated rings. The summed E-state index contributed by atoms with van der Waals surface area (Å²) in [5, 5.41) is 13.5. The zero-order valence-corrected chi connectivity index (χ0v) is 16.0. The molecule has 0 saturated carbocycles. The number of thioether (sulfide) groups is 1. The monoisotopic (exact) mass is 393 g/mol. The molecule has 7 heteroatoms. The number of amides is 1. The second-order valence-electron chi connectivity index (χ2n) is 5.29. The Labute approximate surface area is 161 Å². The van der Waals surface area contributed by atoms with Gasteiger partial charge in [-0.15, -0.1) is 11.8 Å². The molecular formula is C18H17Cl2N3OS. The third-order valence-electron chi connectivity index (χ3n) is 3.32. The Bertz CT molecular complexity index is 805. The molecule has 0 unspecified atom stereocenters. The van der Waals surface area contributed by atoms with E-state index in [0.717, 1.165) is 18.5 Å². The maximum absolute atomic E-state index is 12.1. The van der Waals surface area contributed by atoms with E-state index in [0.29, 0.717) is 32.1 Å². The normalized spacial score (nSPS) is 10.3. The highest BCUT2D eigenvalue weighted by Gasteiger charge is 2.10. The number of pyridine rings is 1. The van der Waals surface area contributed by atoms with Crippen molar-refractivity contribution in [1.82, 2.24) is 4.98 Å². The highest BCUT2D eigenvalue weighted by Crippen LogP contribution is 2.26. The van der Waals surface area contributed by atoms with Crippen molar-refractivity contribution in [1.29, 1.82) is 5.26 Å². The number of benzene rings is 1. The van der Waals surface area contributed by atoms with Crippen molar-refractivity contribution in [2.45, 2.75) is 31.2 Å². The molecule has 0 aliphatic heterocycles. The first-order chi connectivity index (χ1) is 12.0. The minimum Gasteiger partial charge on any atom is -0.325 e. The Morgan fingerprint density at radius 3 is 2.80 bits per heavy atom. The summed E-state index contributed by atoms with van der Waals surface area (Å²) in [5.74, 6) is 0.369. The summed E-state index contributed by atoms with van der Waals surface area (Å²) in [5.41, 5.74) is 2.02. The van der Waals surface area contributed by atoms with Crippen LogP contribution in [-0.2, 0) is 11.2 Å². The molecule has 4 nitrogen and oxygen atoms in total. The van der Waals surface area contributed by atoms with Gasteiger partial charge in [0.05, 0.1) is 16.3 Å². The molecule has 2 aromatic rings. The summed E-state index contributed by atoms with van der Waals surface area (Å²) in [7, 11) is 0. The van der Waals surface area contributed by atoms with Crippen LogP contribution < -0.4 is 5.32 Å². The van der Waals surface area contributed by atoms with Crippen LogP contribution >= 0.6 is 35.0 Å². The van der Waals surface area contributed by atoms with Gasteiger partial charge in [0.1, 0.15) is 11.1 Å². The summed E-state index contributed by atoms with van der Waals surface area (Å²) < 4.78 is 0. The van der Waals surface area contributed by atoms with E-state index in [1.54, 1.807) is 24.3 Å². The van der Waals surface area contributed by atoms with Crippen LogP contribution in [0, 0.1) is 11.3 Å². The molecule has 0 radical (unpaired) electrons. The van der Waals surface area contributed by atoms with Crippen LogP contribution in [0.25, 0.3) is 0 Å². The van der Waals surface area contributed by atoms with Gasteiger partial charge in [-0.2, -0.15) is 5.26 Å².